The summed E-state index contributed by atoms with van der Waals surface area (Å²) in [6.45, 7) is 8.00. The molecule has 28 heavy (non-hydrogen) atoms. The summed E-state index contributed by atoms with van der Waals surface area (Å²) in [7, 11) is 0. The van der Waals surface area contributed by atoms with Crippen molar-refractivity contribution in [1.29, 1.82) is 0 Å². The van der Waals surface area contributed by atoms with Crippen LogP contribution in [-0.2, 0) is 11.2 Å². The largest absolute Gasteiger partial charge is 0.369 e. The number of rotatable bonds is 3. The van der Waals surface area contributed by atoms with Gasteiger partial charge in [0.05, 0.1) is 6.42 Å². The van der Waals surface area contributed by atoms with Crippen LogP contribution < -0.4 is 11.5 Å². The standard InChI is InChI=1S/C12H11NO.C7H6FNO.2C2H6/c13-12(14)8-10-6-3-5-9-4-1-2-7-11(9)10;8-6-3-1-2-5(4-6)7(9)10;2*1-2/h1-7H,8H2,(H2,13,14);1-4H,(H2,9,10);2*1-2H3. The number of benzene rings is 3. The van der Waals surface area contributed by atoms with Gasteiger partial charge >= 0.3 is 0 Å². The number of nitrogens with two attached hydrogens (primary N) is 2. The van der Waals surface area contributed by atoms with Crippen molar-refractivity contribution < 1.29 is 14.0 Å². The minimum Gasteiger partial charge on any atom is -0.369 e. The van der Waals surface area contributed by atoms with E-state index in [4.69, 9.17) is 11.5 Å². The number of carbonyl (C=O) groups excluding carboxylic acids is 2. The summed E-state index contributed by atoms with van der Waals surface area (Å²) in [5, 5.41) is 2.25. The Morgan fingerprint density at radius 2 is 1.39 bits per heavy atom. The Kier molecular flexibility index (Phi) is 12.3. The predicted octanol–water partition coefficient (Wildman–Crippen LogP) is 4.84. The first-order valence-electron chi connectivity index (χ1n) is 9.27. The second-order valence-electron chi connectivity index (χ2n) is 5.16. The van der Waals surface area contributed by atoms with Crippen LogP contribution >= 0.6 is 0 Å². The zero-order valence-corrected chi connectivity index (χ0v) is 16.9. The van der Waals surface area contributed by atoms with Gasteiger partial charge in [-0.2, -0.15) is 0 Å². The molecular weight excluding hydrogens is 355 g/mol. The Bertz CT molecular complexity index is 874. The first kappa shape index (κ1) is 24.8. The summed E-state index contributed by atoms with van der Waals surface area (Å²) in [6.07, 6.45) is 0.307. The van der Waals surface area contributed by atoms with Gasteiger partial charge in [0.2, 0.25) is 11.8 Å². The Morgan fingerprint density at radius 3 is 1.93 bits per heavy atom. The van der Waals surface area contributed by atoms with Gasteiger partial charge in [-0.25, -0.2) is 4.39 Å². The fourth-order valence-electron chi connectivity index (χ4n) is 2.28. The van der Waals surface area contributed by atoms with Gasteiger partial charge in [0, 0.05) is 5.56 Å². The number of hydrogen-bond acceptors (Lipinski definition) is 2. The van der Waals surface area contributed by atoms with Gasteiger partial charge in [-0.1, -0.05) is 76.2 Å². The molecule has 0 heterocycles. The van der Waals surface area contributed by atoms with E-state index in [2.05, 4.69) is 0 Å². The highest BCUT2D eigenvalue weighted by Gasteiger charge is 2.02. The highest BCUT2D eigenvalue weighted by atomic mass is 19.1. The third kappa shape index (κ3) is 8.45. The lowest BCUT2D eigenvalue weighted by Gasteiger charge is -2.03. The van der Waals surface area contributed by atoms with E-state index in [1.165, 1.54) is 18.2 Å². The van der Waals surface area contributed by atoms with Crippen molar-refractivity contribution in [2.45, 2.75) is 34.1 Å². The van der Waals surface area contributed by atoms with Crippen molar-refractivity contribution in [3.63, 3.8) is 0 Å². The van der Waals surface area contributed by atoms with E-state index in [0.29, 0.717) is 6.42 Å². The second-order valence-corrected chi connectivity index (χ2v) is 5.16. The van der Waals surface area contributed by atoms with Gasteiger partial charge in [0.15, 0.2) is 0 Å². The Hall–Kier alpha value is -3.21. The lowest BCUT2D eigenvalue weighted by atomic mass is 10.0. The molecule has 3 aromatic rings. The SMILES string of the molecule is CC.CC.NC(=O)Cc1cccc2ccccc12.NC(=O)c1cccc(F)c1. The van der Waals surface area contributed by atoms with E-state index >= 15 is 0 Å². The summed E-state index contributed by atoms with van der Waals surface area (Å²) in [5.74, 6) is -1.35. The van der Waals surface area contributed by atoms with E-state index < -0.39 is 11.7 Å². The third-order valence-electron chi connectivity index (χ3n) is 3.35. The predicted molar refractivity (Wildman–Crippen MR) is 114 cm³/mol. The van der Waals surface area contributed by atoms with E-state index in [-0.39, 0.29) is 11.5 Å². The summed E-state index contributed by atoms with van der Waals surface area (Å²) < 4.78 is 12.3. The van der Waals surface area contributed by atoms with Crippen molar-refractivity contribution in [2.75, 3.05) is 0 Å². The summed E-state index contributed by atoms with van der Waals surface area (Å²) >= 11 is 0. The maximum Gasteiger partial charge on any atom is 0.248 e. The number of hydrogen-bond donors (Lipinski definition) is 2. The summed E-state index contributed by atoms with van der Waals surface area (Å²) in [5.41, 5.74) is 11.2. The molecule has 0 fully saturated rings. The van der Waals surface area contributed by atoms with Crippen molar-refractivity contribution >= 4 is 22.6 Å². The molecule has 150 valence electrons. The molecule has 0 atom stereocenters. The molecule has 0 saturated carbocycles. The quantitative estimate of drug-likeness (QED) is 0.677. The lowest BCUT2D eigenvalue weighted by molar-refractivity contribution is -0.117. The molecule has 0 aliphatic carbocycles. The average molecular weight is 384 g/mol. The van der Waals surface area contributed by atoms with Crippen LogP contribution in [0.25, 0.3) is 10.8 Å². The van der Waals surface area contributed by atoms with Crippen LogP contribution in [0.2, 0.25) is 0 Å². The van der Waals surface area contributed by atoms with Crippen molar-refractivity contribution in [1.82, 2.24) is 0 Å². The molecule has 4 N–H and O–H groups in total. The van der Waals surface area contributed by atoms with Crippen molar-refractivity contribution in [2.24, 2.45) is 11.5 Å². The molecule has 2 amide bonds. The normalized spacial score (nSPS) is 8.89. The molecule has 0 radical (unpaired) electrons. The topological polar surface area (TPSA) is 86.2 Å². The molecule has 0 saturated heterocycles. The fourth-order valence-corrected chi connectivity index (χ4v) is 2.28. The minimum absolute atomic E-state index is 0.194. The van der Waals surface area contributed by atoms with Crippen LogP contribution in [0, 0.1) is 5.82 Å². The van der Waals surface area contributed by atoms with Gasteiger partial charge < -0.3 is 11.5 Å². The molecule has 0 aromatic heterocycles. The highest BCUT2D eigenvalue weighted by Crippen LogP contribution is 2.18. The third-order valence-corrected chi connectivity index (χ3v) is 3.35. The molecule has 0 aliphatic heterocycles. The first-order valence-corrected chi connectivity index (χ1v) is 9.27. The van der Waals surface area contributed by atoms with Gasteiger partial charge in [-0.15, -0.1) is 0 Å². The number of fused-ring (bicyclic) bond motifs is 1. The summed E-state index contributed by atoms with van der Waals surface area (Å²) in [4.78, 5) is 21.2. The van der Waals surface area contributed by atoms with Crippen LogP contribution in [-0.4, -0.2) is 11.8 Å². The number of halogens is 1. The number of carbonyl (C=O) groups is 2. The smallest absolute Gasteiger partial charge is 0.248 e. The molecule has 0 aliphatic rings. The second kappa shape index (κ2) is 13.9. The molecule has 0 spiro atoms. The highest BCUT2D eigenvalue weighted by molar-refractivity contribution is 5.92. The van der Waals surface area contributed by atoms with Crippen molar-refractivity contribution in [3.8, 4) is 0 Å². The molecule has 0 bridgehead atoms. The summed E-state index contributed by atoms with van der Waals surface area (Å²) in [6, 6.07) is 19.2. The zero-order chi connectivity index (χ0) is 21.5. The molecule has 5 heteroatoms. The van der Waals surface area contributed by atoms with E-state index in [0.717, 1.165) is 22.4 Å². The van der Waals surface area contributed by atoms with Crippen LogP contribution in [0.15, 0.2) is 66.7 Å². The fraction of sp³-hybridized carbons (Fsp3) is 0.217. The van der Waals surface area contributed by atoms with E-state index in [9.17, 15) is 14.0 Å². The molecule has 3 rings (SSSR count). The van der Waals surface area contributed by atoms with Gasteiger partial charge in [-0.3, -0.25) is 9.59 Å². The Balaban J connectivity index is 0.000000460. The monoisotopic (exact) mass is 384 g/mol. The molecular formula is C23H29FN2O2. The average Bonchev–Trinajstić information content (AvgIpc) is 2.71. The van der Waals surface area contributed by atoms with Crippen molar-refractivity contribution in [3.05, 3.63) is 83.7 Å². The molecule has 3 aromatic carbocycles. The molecule has 4 nitrogen and oxygen atoms in total. The zero-order valence-electron chi connectivity index (χ0n) is 16.9. The maximum absolute atomic E-state index is 12.3. The van der Waals surface area contributed by atoms with Crippen LogP contribution in [0.5, 0.6) is 0 Å². The Morgan fingerprint density at radius 1 is 0.821 bits per heavy atom. The first-order chi connectivity index (χ1) is 13.5. The maximum atomic E-state index is 12.3. The van der Waals surface area contributed by atoms with Crippen LogP contribution in [0.4, 0.5) is 4.39 Å². The van der Waals surface area contributed by atoms with Crippen LogP contribution in [0.1, 0.15) is 43.6 Å². The Labute approximate surface area is 166 Å². The lowest BCUT2D eigenvalue weighted by Crippen LogP contribution is -2.13. The number of primary amides is 2. The van der Waals surface area contributed by atoms with E-state index in [1.54, 1.807) is 0 Å². The minimum atomic E-state index is -0.612. The van der Waals surface area contributed by atoms with Crippen LogP contribution in [0.3, 0.4) is 0 Å². The van der Waals surface area contributed by atoms with Gasteiger partial charge in [-0.05, 0) is 34.5 Å². The molecule has 0 unspecified atom stereocenters. The van der Waals surface area contributed by atoms with E-state index in [1.807, 2.05) is 70.2 Å². The number of amides is 2. The van der Waals surface area contributed by atoms with Gasteiger partial charge in [0.1, 0.15) is 5.82 Å². The van der Waals surface area contributed by atoms with Gasteiger partial charge in [0.25, 0.3) is 0 Å².